The maximum Gasteiger partial charge on any atom is 0.522 e. The van der Waals surface area contributed by atoms with Gasteiger partial charge in [0, 0.05) is 44.8 Å². The molecular formula is C40H36F6N4O4. The average Bonchev–Trinajstić information content (AvgIpc) is 3.10. The van der Waals surface area contributed by atoms with E-state index in [9.17, 15) is 36.2 Å². The molecule has 0 bridgehead atoms. The fourth-order valence-corrected chi connectivity index (χ4v) is 9.56. The van der Waals surface area contributed by atoms with Crippen molar-refractivity contribution in [2.24, 2.45) is 16.8 Å². The van der Waals surface area contributed by atoms with Gasteiger partial charge in [-0.1, -0.05) is 75.2 Å². The topological polar surface area (TPSA) is 104 Å². The molecule has 5 aliphatic rings. The molecule has 2 spiro atoms. The molecule has 2 aliphatic heterocycles. The molecule has 2 heterocycles. The standard InChI is InChI=1S/C40H36F6N4O4/c1-19-7-3-13-27(53-39(41,42)43)37(19)47-25-11-5-9-21-15-17-23(33(49-37)29(21)25)31-35(51)32(36(31)52)24-18-16-22-10-6-12-26-30(22)34(24)50-38(48-26)20(2)8-4-14-28(38)54-40(44,45)46/h5-6,9-12,15-20,27-28,47-49,51H,3-4,7-8,13-14H2,1-2H3. The number of halogens is 6. The van der Waals surface area contributed by atoms with Crippen LogP contribution < -0.4 is 26.5 Å². The molecule has 4 aromatic carbocycles. The summed E-state index contributed by atoms with van der Waals surface area (Å²) in [6.07, 6.45) is -10.0. The Bertz CT molecular complexity index is 2430. The highest BCUT2D eigenvalue weighted by molar-refractivity contribution is 6.52. The normalized spacial score (nSPS) is 30.2. The van der Waals surface area contributed by atoms with E-state index in [1.165, 1.54) is 0 Å². The van der Waals surface area contributed by atoms with E-state index in [2.05, 4.69) is 16.0 Å². The number of anilines is 3. The third kappa shape index (κ3) is 5.19. The van der Waals surface area contributed by atoms with Gasteiger partial charge in [-0.3, -0.25) is 19.3 Å². The monoisotopic (exact) mass is 750 g/mol. The summed E-state index contributed by atoms with van der Waals surface area (Å²) < 4.78 is 92.2. The Balaban J connectivity index is 1.25. The first-order valence-electron chi connectivity index (χ1n) is 18.1. The van der Waals surface area contributed by atoms with Gasteiger partial charge in [-0.2, -0.15) is 0 Å². The SMILES string of the molecule is CC1CCCC(OC(F)(F)F)C12N=c1c(=C3C(=O)C(c4ccc5cccc6c5c4NC4(N6)C(C)CCCC4OC(F)(F)F)=C3O)ccc3cccc(c13)N2. The van der Waals surface area contributed by atoms with Gasteiger partial charge in [0.15, 0.2) is 5.66 Å². The molecule has 54 heavy (non-hydrogen) atoms. The second-order valence-corrected chi connectivity index (χ2v) is 15.1. The fourth-order valence-electron chi connectivity index (χ4n) is 9.56. The first kappa shape index (κ1) is 34.9. The zero-order valence-corrected chi connectivity index (χ0v) is 29.2. The van der Waals surface area contributed by atoms with E-state index in [-0.39, 0.29) is 46.2 Å². The molecule has 4 aromatic rings. The summed E-state index contributed by atoms with van der Waals surface area (Å²) in [5.41, 5.74) is -1.22. The van der Waals surface area contributed by atoms with Crippen LogP contribution in [0.5, 0.6) is 0 Å². The van der Waals surface area contributed by atoms with Crippen molar-refractivity contribution in [2.45, 2.75) is 88.6 Å². The van der Waals surface area contributed by atoms with Crippen LogP contribution in [0.15, 0.2) is 71.4 Å². The number of aliphatic hydroxyl groups excluding tert-OH is 1. The highest BCUT2D eigenvalue weighted by Crippen LogP contribution is 2.51. The van der Waals surface area contributed by atoms with Crippen molar-refractivity contribution >= 4 is 55.5 Å². The lowest BCUT2D eigenvalue weighted by molar-refractivity contribution is -0.353. The van der Waals surface area contributed by atoms with Gasteiger partial charge in [0.25, 0.3) is 0 Å². The highest BCUT2D eigenvalue weighted by atomic mass is 19.4. The van der Waals surface area contributed by atoms with Crippen LogP contribution in [0.4, 0.5) is 43.4 Å². The quantitative estimate of drug-likeness (QED) is 0.156. The van der Waals surface area contributed by atoms with E-state index >= 15 is 0 Å². The van der Waals surface area contributed by atoms with Gasteiger partial charge in [0.2, 0.25) is 5.78 Å². The number of hydrogen-bond donors (Lipinski definition) is 4. The van der Waals surface area contributed by atoms with Crippen LogP contribution in [0.25, 0.3) is 32.7 Å². The molecule has 282 valence electrons. The molecule has 14 heteroatoms. The summed E-state index contributed by atoms with van der Waals surface area (Å²) in [5.74, 6) is -1.62. The van der Waals surface area contributed by atoms with Crippen molar-refractivity contribution in [1.29, 1.82) is 0 Å². The first-order valence-corrected chi connectivity index (χ1v) is 18.1. The Morgan fingerprint density at radius 2 is 1.33 bits per heavy atom. The van der Waals surface area contributed by atoms with Gasteiger partial charge in [-0.25, -0.2) is 0 Å². The first-order chi connectivity index (χ1) is 25.6. The Hall–Kier alpha value is -4.82. The zero-order chi connectivity index (χ0) is 37.9. The Morgan fingerprint density at radius 1 is 0.722 bits per heavy atom. The molecule has 2 saturated carbocycles. The van der Waals surface area contributed by atoms with Crippen LogP contribution in [-0.2, 0) is 14.3 Å². The number of rotatable bonds is 3. The van der Waals surface area contributed by atoms with Crippen molar-refractivity contribution in [3.63, 3.8) is 0 Å². The van der Waals surface area contributed by atoms with Gasteiger partial charge in [0.05, 0.1) is 22.2 Å². The second kappa shape index (κ2) is 11.8. The summed E-state index contributed by atoms with van der Waals surface area (Å²) in [6.45, 7) is 3.66. The third-order valence-electron chi connectivity index (χ3n) is 12.1. The minimum atomic E-state index is -4.91. The van der Waals surface area contributed by atoms with Gasteiger partial charge in [0.1, 0.15) is 23.6 Å². The van der Waals surface area contributed by atoms with Gasteiger partial charge >= 0.3 is 12.7 Å². The molecule has 8 nitrogen and oxygen atoms in total. The molecule has 4 N–H and O–H groups in total. The number of alkyl halides is 6. The number of ketones is 1. The Kier molecular flexibility index (Phi) is 7.65. The lowest BCUT2D eigenvalue weighted by atomic mass is 9.74. The minimum absolute atomic E-state index is 0.0356. The average molecular weight is 751 g/mol. The summed E-state index contributed by atoms with van der Waals surface area (Å²) in [4.78, 5) is 19.5. The number of nitrogens with one attached hydrogen (secondary N) is 3. The van der Waals surface area contributed by atoms with Crippen LogP contribution in [0.1, 0.15) is 57.9 Å². The predicted octanol–water partition coefficient (Wildman–Crippen LogP) is 8.42. The number of ether oxygens (including phenoxy) is 2. The number of Topliss-reactive ketones (excluding diaryl/α,β-unsaturated/α-hetero) is 1. The van der Waals surface area contributed by atoms with Gasteiger partial charge in [-0.15, -0.1) is 26.3 Å². The minimum Gasteiger partial charge on any atom is -0.506 e. The number of aliphatic hydroxyl groups is 1. The summed E-state index contributed by atoms with van der Waals surface area (Å²) in [5, 5.41) is 25.2. The maximum atomic E-state index is 14.5. The summed E-state index contributed by atoms with van der Waals surface area (Å²) in [6, 6.07) is 17.6. The number of hydrogen-bond acceptors (Lipinski definition) is 8. The third-order valence-corrected chi connectivity index (χ3v) is 12.1. The molecule has 0 saturated heterocycles. The molecule has 0 aromatic heterocycles. The van der Waals surface area contributed by atoms with Crippen LogP contribution in [-0.4, -0.2) is 47.1 Å². The number of nitrogens with zero attached hydrogens (tertiary/aromatic N) is 1. The number of allylic oxidation sites excluding steroid dienone is 2. The largest absolute Gasteiger partial charge is 0.522 e. The van der Waals surface area contributed by atoms with E-state index < -0.39 is 48.0 Å². The van der Waals surface area contributed by atoms with Crippen molar-refractivity contribution in [3.8, 4) is 0 Å². The smallest absolute Gasteiger partial charge is 0.506 e. The molecular weight excluding hydrogens is 714 g/mol. The number of carbonyl (C=O) groups is 1. The highest BCUT2D eigenvalue weighted by Gasteiger charge is 2.54. The second-order valence-electron chi connectivity index (χ2n) is 15.1. The molecule has 9 rings (SSSR count). The molecule has 6 unspecified atom stereocenters. The lowest BCUT2D eigenvalue weighted by Gasteiger charge is -2.52. The number of carbonyl (C=O) groups excluding carboxylic acids is 1. The van der Waals surface area contributed by atoms with Gasteiger partial charge in [-0.05, 0) is 48.6 Å². The molecule has 0 radical (unpaired) electrons. The molecule has 3 aliphatic carbocycles. The Morgan fingerprint density at radius 3 is 2.02 bits per heavy atom. The van der Waals surface area contributed by atoms with E-state index in [0.717, 1.165) is 10.8 Å². The van der Waals surface area contributed by atoms with Crippen molar-refractivity contribution in [3.05, 3.63) is 82.6 Å². The summed E-state index contributed by atoms with van der Waals surface area (Å²) in [7, 11) is 0. The summed E-state index contributed by atoms with van der Waals surface area (Å²) >= 11 is 0. The van der Waals surface area contributed by atoms with Crippen molar-refractivity contribution in [2.75, 3.05) is 16.0 Å². The lowest BCUT2D eigenvalue weighted by Crippen LogP contribution is -2.64. The van der Waals surface area contributed by atoms with Crippen LogP contribution in [0, 0.1) is 11.8 Å². The van der Waals surface area contributed by atoms with Crippen molar-refractivity contribution < 1.29 is 45.7 Å². The van der Waals surface area contributed by atoms with Crippen LogP contribution in [0.2, 0.25) is 0 Å². The van der Waals surface area contributed by atoms with Crippen LogP contribution >= 0.6 is 0 Å². The fraction of sp³-hybridized carbons (Fsp3) is 0.400. The predicted molar refractivity (Wildman–Crippen MR) is 191 cm³/mol. The van der Waals surface area contributed by atoms with Crippen LogP contribution in [0.3, 0.4) is 0 Å². The van der Waals surface area contributed by atoms with E-state index in [4.69, 9.17) is 14.5 Å². The molecule has 6 atom stereocenters. The maximum absolute atomic E-state index is 14.5. The zero-order valence-electron chi connectivity index (χ0n) is 29.2. The van der Waals surface area contributed by atoms with E-state index in [1.54, 1.807) is 48.5 Å². The van der Waals surface area contributed by atoms with Gasteiger partial charge < -0.3 is 21.1 Å². The van der Waals surface area contributed by atoms with Crippen molar-refractivity contribution in [1.82, 2.24) is 0 Å². The molecule has 2 fully saturated rings. The molecule has 0 amide bonds. The number of benzene rings is 4. The Labute approximate surface area is 304 Å². The van der Waals surface area contributed by atoms with E-state index in [0.29, 0.717) is 59.1 Å². The van der Waals surface area contributed by atoms with E-state index in [1.807, 2.05) is 26.0 Å².